The van der Waals surface area contributed by atoms with E-state index in [0.29, 0.717) is 37.4 Å². The van der Waals surface area contributed by atoms with E-state index in [0.717, 1.165) is 5.75 Å². The van der Waals surface area contributed by atoms with Crippen LogP contribution >= 0.6 is 0 Å². The second-order valence-electron chi connectivity index (χ2n) is 6.77. The van der Waals surface area contributed by atoms with E-state index in [2.05, 4.69) is 5.32 Å². The molecule has 0 spiro atoms. The van der Waals surface area contributed by atoms with Crippen molar-refractivity contribution in [2.75, 3.05) is 33.9 Å². The molecule has 7 nitrogen and oxygen atoms in total. The minimum atomic E-state index is -0.602. The van der Waals surface area contributed by atoms with E-state index in [9.17, 15) is 9.59 Å². The van der Waals surface area contributed by atoms with Gasteiger partial charge in [-0.3, -0.25) is 9.59 Å². The lowest BCUT2D eigenvalue weighted by Gasteiger charge is -2.23. The molecule has 1 aliphatic rings. The highest BCUT2D eigenvalue weighted by molar-refractivity contribution is 5.98. The molecule has 0 radical (unpaired) electrons. The first kappa shape index (κ1) is 20.7. The third-order valence-electron chi connectivity index (χ3n) is 4.81. The van der Waals surface area contributed by atoms with Crippen LogP contribution in [0.3, 0.4) is 0 Å². The van der Waals surface area contributed by atoms with Crippen molar-refractivity contribution in [3.63, 3.8) is 0 Å². The number of nitrogens with zero attached hydrogens (tertiary/aromatic N) is 1. The standard InChI is InChI=1S/C22H26N2O5/c1-27-13-12-23-21(25)20-14-19(29-18-6-4-3-5-7-18)15-24(20)22(26)16-8-10-17(28-2)11-9-16/h3-11,19-20H,12-15H2,1-2H3,(H,23,25)/t19-,20-/m0/s1. The normalized spacial score (nSPS) is 18.3. The van der Waals surface area contributed by atoms with E-state index in [1.54, 1.807) is 43.4 Å². The second kappa shape index (κ2) is 9.93. The monoisotopic (exact) mass is 398 g/mol. The molecule has 0 aromatic heterocycles. The van der Waals surface area contributed by atoms with Crippen LogP contribution in [0.1, 0.15) is 16.8 Å². The number of benzene rings is 2. The Balaban J connectivity index is 1.75. The molecular weight excluding hydrogens is 372 g/mol. The Morgan fingerprint density at radius 2 is 1.76 bits per heavy atom. The first-order valence-corrected chi connectivity index (χ1v) is 9.55. The van der Waals surface area contributed by atoms with Crippen molar-refractivity contribution in [2.45, 2.75) is 18.6 Å². The van der Waals surface area contributed by atoms with Crippen LogP contribution in [-0.2, 0) is 9.53 Å². The molecule has 1 aliphatic heterocycles. The minimum Gasteiger partial charge on any atom is -0.497 e. The van der Waals surface area contributed by atoms with Crippen LogP contribution in [-0.4, -0.2) is 62.8 Å². The molecular formula is C22H26N2O5. The van der Waals surface area contributed by atoms with Crippen LogP contribution in [0.4, 0.5) is 0 Å². The molecule has 0 aliphatic carbocycles. The van der Waals surface area contributed by atoms with E-state index >= 15 is 0 Å². The van der Waals surface area contributed by atoms with E-state index in [4.69, 9.17) is 14.2 Å². The van der Waals surface area contributed by atoms with Crippen molar-refractivity contribution in [3.8, 4) is 11.5 Å². The van der Waals surface area contributed by atoms with Gasteiger partial charge < -0.3 is 24.4 Å². The van der Waals surface area contributed by atoms with E-state index in [1.165, 1.54) is 0 Å². The van der Waals surface area contributed by atoms with Gasteiger partial charge in [0, 0.05) is 25.6 Å². The number of amides is 2. The van der Waals surface area contributed by atoms with Crippen molar-refractivity contribution < 1.29 is 23.8 Å². The number of hydrogen-bond donors (Lipinski definition) is 1. The van der Waals surface area contributed by atoms with Gasteiger partial charge in [0.15, 0.2) is 0 Å². The van der Waals surface area contributed by atoms with Crippen LogP contribution < -0.4 is 14.8 Å². The molecule has 2 aromatic rings. The maximum absolute atomic E-state index is 13.1. The first-order chi connectivity index (χ1) is 14.1. The van der Waals surface area contributed by atoms with E-state index < -0.39 is 6.04 Å². The predicted molar refractivity (Wildman–Crippen MR) is 108 cm³/mol. The topological polar surface area (TPSA) is 77.1 Å². The summed E-state index contributed by atoms with van der Waals surface area (Å²) in [6.07, 6.45) is 0.160. The van der Waals surface area contributed by atoms with Crippen LogP contribution in [0, 0.1) is 0 Å². The summed E-state index contributed by atoms with van der Waals surface area (Å²) < 4.78 is 16.2. The van der Waals surface area contributed by atoms with Gasteiger partial charge in [-0.25, -0.2) is 0 Å². The quantitative estimate of drug-likeness (QED) is 0.690. The van der Waals surface area contributed by atoms with Gasteiger partial charge >= 0.3 is 0 Å². The molecule has 1 N–H and O–H groups in total. The Bertz CT molecular complexity index is 810. The van der Waals surface area contributed by atoms with Crippen LogP contribution in [0.15, 0.2) is 54.6 Å². The summed E-state index contributed by atoms with van der Waals surface area (Å²) in [5, 5.41) is 2.83. The van der Waals surface area contributed by atoms with E-state index in [-0.39, 0.29) is 17.9 Å². The Morgan fingerprint density at radius 1 is 1.03 bits per heavy atom. The minimum absolute atomic E-state index is 0.205. The maximum atomic E-state index is 13.1. The maximum Gasteiger partial charge on any atom is 0.254 e. The van der Waals surface area contributed by atoms with Gasteiger partial charge in [-0.15, -0.1) is 0 Å². The first-order valence-electron chi connectivity index (χ1n) is 9.55. The van der Waals surface area contributed by atoms with Crippen molar-refractivity contribution in [3.05, 3.63) is 60.2 Å². The third-order valence-corrected chi connectivity index (χ3v) is 4.81. The summed E-state index contributed by atoms with van der Waals surface area (Å²) in [4.78, 5) is 27.4. The van der Waals surface area contributed by atoms with Gasteiger partial charge in [0.05, 0.1) is 20.3 Å². The molecule has 1 fully saturated rings. The smallest absolute Gasteiger partial charge is 0.254 e. The Labute approximate surface area is 170 Å². The molecule has 2 aromatic carbocycles. The fourth-order valence-electron chi connectivity index (χ4n) is 3.34. The third kappa shape index (κ3) is 5.26. The molecule has 0 unspecified atom stereocenters. The van der Waals surface area contributed by atoms with Gasteiger partial charge in [-0.05, 0) is 36.4 Å². The number of carbonyl (C=O) groups excluding carboxylic acids is 2. The van der Waals surface area contributed by atoms with Gasteiger partial charge in [0.1, 0.15) is 23.6 Å². The van der Waals surface area contributed by atoms with Crippen molar-refractivity contribution in [1.29, 1.82) is 0 Å². The zero-order chi connectivity index (χ0) is 20.6. The van der Waals surface area contributed by atoms with Crippen molar-refractivity contribution in [2.24, 2.45) is 0 Å². The number of ether oxygens (including phenoxy) is 3. The fourth-order valence-corrected chi connectivity index (χ4v) is 3.34. The lowest BCUT2D eigenvalue weighted by molar-refractivity contribution is -0.125. The summed E-state index contributed by atoms with van der Waals surface area (Å²) in [5.41, 5.74) is 0.501. The summed E-state index contributed by atoms with van der Waals surface area (Å²) in [5.74, 6) is 0.971. The SMILES string of the molecule is COCCNC(=O)[C@@H]1C[C@H](Oc2ccccc2)CN1C(=O)c1ccc(OC)cc1. The summed E-state index contributed by atoms with van der Waals surface area (Å²) >= 11 is 0. The van der Waals surface area contributed by atoms with Crippen LogP contribution in [0.2, 0.25) is 0 Å². The number of methoxy groups -OCH3 is 2. The number of nitrogens with one attached hydrogen (secondary N) is 1. The van der Waals surface area contributed by atoms with Gasteiger partial charge in [0.25, 0.3) is 5.91 Å². The molecule has 1 saturated heterocycles. The lowest BCUT2D eigenvalue weighted by Crippen LogP contribution is -2.46. The van der Waals surface area contributed by atoms with Crippen molar-refractivity contribution >= 4 is 11.8 Å². The zero-order valence-corrected chi connectivity index (χ0v) is 16.7. The van der Waals surface area contributed by atoms with Gasteiger partial charge in [-0.2, -0.15) is 0 Å². The molecule has 1 heterocycles. The molecule has 7 heteroatoms. The predicted octanol–water partition coefficient (Wildman–Crippen LogP) is 2.12. The van der Waals surface area contributed by atoms with Gasteiger partial charge in [0.2, 0.25) is 5.91 Å². The Hall–Kier alpha value is -3.06. The molecule has 2 amide bonds. The lowest BCUT2D eigenvalue weighted by atomic mass is 10.1. The number of para-hydroxylation sites is 1. The molecule has 154 valence electrons. The fraction of sp³-hybridized carbons (Fsp3) is 0.364. The largest absolute Gasteiger partial charge is 0.497 e. The molecule has 3 rings (SSSR count). The van der Waals surface area contributed by atoms with Crippen LogP contribution in [0.25, 0.3) is 0 Å². The highest BCUT2D eigenvalue weighted by Gasteiger charge is 2.41. The molecule has 29 heavy (non-hydrogen) atoms. The number of likely N-dealkylation sites (tertiary alicyclic amines) is 1. The zero-order valence-electron chi connectivity index (χ0n) is 16.7. The highest BCUT2D eigenvalue weighted by atomic mass is 16.5. The number of rotatable bonds is 8. The average molecular weight is 398 g/mol. The number of carbonyl (C=O) groups is 2. The Kier molecular flexibility index (Phi) is 7.08. The highest BCUT2D eigenvalue weighted by Crippen LogP contribution is 2.25. The summed E-state index contributed by atoms with van der Waals surface area (Å²) in [6.45, 7) is 1.14. The average Bonchev–Trinajstić information content (AvgIpc) is 3.18. The Morgan fingerprint density at radius 3 is 2.41 bits per heavy atom. The molecule has 2 atom stereocenters. The second-order valence-corrected chi connectivity index (χ2v) is 6.77. The summed E-state index contributed by atoms with van der Waals surface area (Å²) in [6, 6.07) is 15.7. The molecule has 0 bridgehead atoms. The number of hydrogen-bond acceptors (Lipinski definition) is 5. The molecule has 0 saturated carbocycles. The summed E-state index contributed by atoms with van der Waals surface area (Å²) in [7, 11) is 3.15. The van der Waals surface area contributed by atoms with Gasteiger partial charge in [-0.1, -0.05) is 18.2 Å². The van der Waals surface area contributed by atoms with Crippen molar-refractivity contribution in [1.82, 2.24) is 10.2 Å². The van der Waals surface area contributed by atoms with Crippen LogP contribution in [0.5, 0.6) is 11.5 Å². The van der Waals surface area contributed by atoms with E-state index in [1.807, 2.05) is 30.3 Å².